The van der Waals surface area contributed by atoms with E-state index in [1.165, 1.54) is 0 Å². The Balaban J connectivity index is 3.33. The van der Waals surface area contributed by atoms with Crippen LogP contribution in [0.3, 0.4) is 0 Å². The van der Waals surface area contributed by atoms with Gasteiger partial charge in [0.15, 0.2) is 5.69 Å². The summed E-state index contributed by atoms with van der Waals surface area (Å²) in [5.74, 6) is -0.774. The normalized spacial score (nSPS) is 11.4. The quantitative estimate of drug-likeness (QED) is 0.784. The Labute approximate surface area is 87.2 Å². The van der Waals surface area contributed by atoms with Crippen molar-refractivity contribution in [2.75, 3.05) is 0 Å². The predicted molar refractivity (Wildman–Crippen MR) is 55.1 cm³/mol. The van der Waals surface area contributed by atoms with E-state index >= 15 is 0 Å². The van der Waals surface area contributed by atoms with Crippen LogP contribution in [-0.4, -0.2) is 21.0 Å². The van der Waals surface area contributed by atoms with E-state index in [0.29, 0.717) is 5.82 Å². The van der Waals surface area contributed by atoms with Crippen molar-refractivity contribution in [3.63, 3.8) is 0 Å². The monoisotopic (exact) mass is 210 g/mol. The molecule has 0 unspecified atom stereocenters. The maximum Gasteiger partial charge on any atom is 0.354 e. The number of H-pyrrole nitrogens is 1. The molecule has 5 heteroatoms. The van der Waals surface area contributed by atoms with E-state index in [1.54, 1.807) is 0 Å². The van der Waals surface area contributed by atoms with Crippen molar-refractivity contribution in [1.82, 2.24) is 9.97 Å². The number of carbonyl (C=O) groups is 1. The van der Waals surface area contributed by atoms with Crippen LogP contribution >= 0.6 is 0 Å². The van der Waals surface area contributed by atoms with Crippen LogP contribution < -0.4 is 5.56 Å². The van der Waals surface area contributed by atoms with E-state index in [9.17, 15) is 9.59 Å². The lowest BCUT2D eigenvalue weighted by atomic mass is 9.89. The van der Waals surface area contributed by atoms with Gasteiger partial charge in [0, 0.05) is 11.5 Å². The molecular formula is C10H14N2O3. The minimum atomic E-state index is -1.19. The Hall–Kier alpha value is -1.65. The standard InChI is InChI=1S/C10H14N2O3/c1-4-10(2,3)9-11-6(8(14)15)5-7(13)12-9/h5H,4H2,1-3H3,(H,14,15)(H,11,12,13). The van der Waals surface area contributed by atoms with E-state index in [0.717, 1.165) is 12.5 Å². The van der Waals surface area contributed by atoms with Gasteiger partial charge in [-0.3, -0.25) is 4.79 Å². The van der Waals surface area contributed by atoms with Crippen molar-refractivity contribution < 1.29 is 9.90 Å². The van der Waals surface area contributed by atoms with Gasteiger partial charge in [0.1, 0.15) is 5.82 Å². The molecule has 1 heterocycles. The first-order chi connectivity index (χ1) is 6.86. The molecule has 0 fully saturated rings. The SMILES string of the molecule is CCC(C)(C)c1nc(C(=O)O)cc(=O)[nH]1. The minimum absolute atomic E-state index is 0.213. The lowest BCUT2D eigenvalue weighted by Gasteiger charge is -2.21. The molecule has 15 heavy (non-hydrogen) atoms. The summed E-state index contributed by atoms with van der Waals surface area (Å²) in [6.07, 6.45) is 0.763. The first-order valence-electron chi connectivity index (χ1n) is 4.72. The zero-order valence-corrected chi connectivity index (χ0v) is 9.00. The van der Waals surface area contributed by atoms with E-state index in [1.807, 2.05) is 20.8 Å². The number of nitrogens with one attached hydrogen (secondary N) is 1. The average Bonchev–Trinajstić information content (AvgIpc) is 2.16. The van der Waals surface area contributed by atoms with Crippen molar-refractivity contribution in [2.45, 2.75) is 32.6 Å². The lowest BCUT2D eigenvalue weighted by Crippen LogP contribution is -2.26. The van der Waals surface area contributed by atoms with Gasteiger partial charge < -0.3 is 10.1 Å². The second-order valence-electron chi connectivity index (χ2n) is 4.02. The highest BCUT2D eigenvalue weighted by Gasteiger charge is 2.22. The van der Waals surface area contributed by atoms with Gasteiger partial charge in [-0.15, -0.1) is 0 Å². The molecule has 1 aromatic rings. The summed E-state index contributed by atoms with van der Waals surface area (Å²) in [4.78, 5) is 28.4. The van der Waals surface area contributed by atoms with Gasteiger partial charge in [0.2, 0.25) is 0 Å². The summed E-state index contributed by atoms with van der Waals surface area (Å²) in [5.41, 5.74) is -0.973. The molecule has 82 valence electrons. The van der Waals surface area contributed by atoms with Crippen molar-refractivity contribution >= 4 is 5.97 Å². The first-order valence-corrected chi connectivity index (χ1v) is 4.72. The number of hydrogen-bond acceptors (Lipinski definition) is 3. The first kappa shape index (κ1) is 11.4. The molecule has 0 aliphatic carbocycles. The third kappa shape index (κ3) is 2.43. The van der Waals surface area contributed by atoms with Gasteiger partial charge in [-0.2, -0.15) is 0 Å². The topological polar surface area (TPSA) is 83.0 Å². The average molecular weight is 210 g/mol. The third-order valence-electron chi connectivity index (χ3n) is 2.49. The molecule has 0 saturated heterocycles. The minimum Gasteiger partial charge on any atom is -0.477 e. The predicted octanol–water partition coefficient (Wildman–Crippen LogP) is 1.16. The van der Waals surface area contributed by atoms with Crippen molar-refractivity contribution in [3.8, 4) is 0 Å². The van der Waals surface area contributed by atoms with Crippen molar-refractivity contribution in [2.24, 2.45) is 0 Å². The molecule has 2 N–H and O–H groups in total. The molecule has 0 radical (unpaired) electrons. The molecule has 0 aliphatic rings. The van der Waals surface area contributed by atoms with Crippen LogP contribution in [0.2, 0.25) is 0 Å². The number of hydrogen-bond donors (Lipinski definition) is 2. The van der Waals surface area contributed by atoms with Crippen LogP contribution in [0, 0.1) is 0 Å². The van der Waals surface area contributed by atoms with Gasteiger partial charge in [-0.1, -0.05) is 20.8 Å². The van der Waals surface area contributed by atoms with Gasteiger partial charge >= 0.3 is 5.97 Å². The molecule has 0 spiro atoms. The Morgan fingerprint density at radius 2 is 2.20 bits per heavy atom. The fourth-order valence-electron chi connectivity index (χ4n) is 1.06. The van der Waals surface area contributed by atoms with Gasteiger partial charge in [0.05, 0.1) is 0 Å². The smallest absolute Gasteiger partial charge is 0.354 e. The summed E-state index contributed by atoms with van der Waals surface area (Å²) < 4.78 is 0. The van der Waals surface area contributed by atoms with E-state index in [2.05, 4.69) is 9.97 Å². The van der Waals surface area contributed by atoms with Crippen molar-refractivity contribution in [1.29, 1.82) is 0 Å². The van der Waals surface area contributed by atoms with E-state index in [-0.39, 0.29) is 11.1 Å². The summed E-state index contributed by atoms with van der Waals surface area (Å²) in [7, 11) is 0. The summed E-state index contributed by atoms with van der Waals surface area (Å²) in [6.45, 7) is 5.75. The van der Waals surface area contributed by atoms with Crippen molar-refractivity contribution in [3.05, 3.63) is 27.9 Å². The van der Waals surface area contributed by atoms with E-state index in [4.69, 9.17) is 5.11 Å². The van der Waals surface area contributed by atoms with E-state index < -0.39 is 11.5 Å². The second kappa shape index (κ2) is 3.84. The number of aromatic amines is 1. The molecule has 1 aromatic heterocycles. The zero-order chi connectivity index (χ0) is 11.6. The lowest BCUT2D eigenvalue weighted by molar-refractivity contribution is 0.0689. The number of nitrogens with zero attached hydrogens (tertiary/aromatic N) is 1. The Morgan fingerprint density at radius 3 is 2.67 bits per heavy atom. The van der Waals surface area contributed by atoms with Crippen LogP contribution in [0.5, 0.6) is 0 Å². The highest BCUT2D eigenvalue weighted by Crippen LogP contribution is 2.22. The van der Waals surface area contributed by atoms with Crippen LogP contribution in [0.15, 0.2) is 10.9 Å². The third-order valence-corrected chi connectivity index (χ3v) is 2.49. The number of aromatic carboxylic acids is 1. The maximum atomic E-state index is 11.2. The molecule has 0 saturated carbocycles. The molecule has 0 aromatic carbocycles. The number of aromatic nitrogens is 2. The molecule has 0 atom stereocenters. The van der Waals surface area contributed by atoms with Crippen LogP contribution in [0.1, 0.15) is 43.5 Å². The molecule has 0 aliphatic heterocycles. The Morgan fingerprint density at radius 1 is 1.60 bits per heavy atom. The summed E-state index contributed by atoms with van der Waals surface area (Å²) >= 11 is 0. The number of rotatable bonds is 3. The number of carboxylic acid groups (broad SMARTS) is 1. The van der Waals surface area contributed by atoms with Gasteiger partial charge in [-0.05, 0) is 6.42 Å². The molecular weight excluding hydrogens is 196 g/mol. The Kier molecular flexibility index (Phi) is 2.93. The van der Waals surface area contributed by atoms with Gasteiger partial charge in [-0.25, -0.2) is 9.78 Å². The fourth-order valence-corrected chi connectivity index (χ4v) is 1.06. The van der Waals surface area contributed by atoms with Crippen LogP contribution in [0.25, 0.3) is 0 Å². The van der Waals surface area contributed by atoms with Gasteiger partial charge in [0.25, 0.3) is 5.56 Å². The zero-order valence-electron chi connectivity index (χ0n) is 9.00. The number of carboxylic acids is 1. The van der Waals surface area contributed by atoms with Crippen LogP contribution in [-0.2, 0) is 5.41 Å². The molecule has 5 nitrogen and oxygen atoms in total. The molecule has 1 rings (SSSR count). The summed E-state index contributed by atoms with van der Waals surface area (Å²) in [6, 6.07) is 0.984. The molecule has 0 amide bonds. The molecule has 0 bridgehead atoms. The maximum absolute atomic E-state index is 11.2. The highest BCUT2D eigenvalue weighted by molar-refractivity contribution is 5.85. The second-order valence-corrected chi connectivity index (χ2v) is 4.02. The van der Waals surface area contributed by atoms with Crippen LogP contribution in [0.4, 0.5) is 0 Å². The fraction of sp³-hybridized carbons (Fsp3) is 0.500. The highest BCUT2D eigenvalue weighted by atomic mass is 16.4. The Bertz CT molecular complexity index is 435. The summed E-state index contributed by atoms with van der Waals surface area (Å²) in [5, 5.41) is 8.76. The largest absolute Gasteiger partial charge is 0.477 e.